The van der Waals surface area contributed by atoms with Crippen LogP contribution < -0.4 is 5.14 Å². The lowest BCUT2D eigenvalue weighted by Gasteiger charge is -2.06. The minimum atomic E-state index is -3.77. The molecule has 0 atom stereocenters. The van der Waals surface area contributed by atoms with Crippen molar-refractivity contribution in [3.05, 3.63) is 83.9 Å². The summed E-state index contributed by atoms with van der Waals surface area (Å²) in [6.07, 6.45) is 0. The molecule has 0 aliphatic heterocycles. The summed E-state index contributed by atoms with van der Waals surface area (Å²) >= 11 is 7.39. The molecule has 0 aliphatic rings. The number of rotatable bonds is 5. The fourth-order valence-electron chi connectivity index (χ4n) is 2.81. The van der Waals surface area contributed by atoms with Crippen molar-refractivity contribution >= 4 is 33.4 Å². The van der Waals surface area contributed by atoms with Crippen molar-refractivity contribution in [3.8, 4) is 22.4 Å². The normalized spacial score (nSPS) is 11.5. The fraction of sp³-hybridized carbons (Fsp3) is 0. The zero-order valence-electron chi connectivity index (χ0n) is 14.9. The maximum absolute atomic E-state index is 11.6. The van der Waals surface area contributed by atoms with Crippen LogP contribution in [-0.4, -0.2) is 13.6 Å². The van der Waals surface area contributed by atoms with E-state index in [1.54, 1.807) is 24.3 Å². The smallest absolute Gasteiger partial charge is 0.238 e. The van der Waals surface area contributed by atoms with Gasteiger partial charge in [-0.25, -0.2) is 13.6 Å². The van der Waals surface area contributed by atoms with E-state index in [0.29, 0.717) is 15.8 Å². The zero-order chi connectivity index (χ0) is 20.4. The van der Waals surface area contributed by atoms with Crippen LogP contribution in [0.15, 0.2) is 98.3 Å². The van der Waals surface area contributed by atoms with Gasteiger partial charge in [0, 0.05) is 15.5 Å². The number of aromatic nitrogens is 1. The molecule has 146 valence electrons. The maximum Gasteiger partial charge on any atom is 0.238 e. The summed E-state index contributed by atoms with van der Waals surface area (Å²) in [6.45, 7) is 0. The van der Waals surface area contributed by atoms with Crippen LogP contribution in [0.4, 0.5) is 0 Å². The molecule has 3 aromatic carbocycles. The standard InChI is InChI=1S/C21H15ClN2O3S2/c22-16-8-10-17(11-9-16)28-21-19(14-6-12-18(13-7-14)29(23,25)26)20(24-27-21)15-4-2-1-3-5-15/h1-13H,(H2,23,25,26). The van der Waals surface area contributed by atoms with Crippen LogP contribution in [0.5, 0.6) is 0 Å². The number of primary sulfonamides is 1. The van der Waals surface area contributed by atoms with Crippen LogP contribution in [0.1, 0.15) is 0 Å². The first-order valence-electron chi connectivity index (χ1n) is 8.53. The average molecular weight is 443 g/mol. The Labute approximate surface area is 177 Å². The largest absolute Gasteiger partial charge is 0.348 e. The van der Waals surface area contributed by atoms with Crippen molar-refractivity contribution in [3.63, 3.8) is 0 Å². The highest BCUT2D eigenvalue weighted by atomic mass is 35.5. The molecule has 4 rings (SSSR count). The Balaban J connectivity index is 1.82. The predicted octanol–water partition coefficient (Wildman–Crippen LogP) is 5.46. The fourth-order valence-corrected chi connectivity index (χ4v) is 4.33. The lowest BCUT2D eigenvalue weighted by molar-refractivity contribution is 0.352. The molecular weight excluding hydrogens is 428 g/mol. The van der Waals surface area contributed by atoms with E-state index in [9.17, 15) is 8.42 Å². The number of hydrogen-bond acceptors (Lipinski definition) is 5. The summed E-state index contributed by atoms with van der Waals surface area (Å²) in [5.41, 5.74) is 3.11. The monoisotopic (exact) mass is 442 g/mol. The Bertz CT molecular complexity index is 1240. The first kappa shape index (κ1) is 19.7. The van der Waals surface area contributed by atoms with Crippen molar-refractivity contribution < 1.29 is 12.9 Å². The third-order valence-corrected chi connectivity index (χ3v) is 6.36. The van der Waals surface area contributed by atoms with E-state index in [0.717, 1.165) is 21.6 Å². The summed E-state index contributed by atoms with van der Waals surface area (Å²) in [5.74, 6) is 0. The Morgan fingerprint density at radius 1 is 0.862 bits per heavy atom. The van der Waals surface area contributed by atoms with Gasteiger partial charge in [-0.3, -0.25) is 0 Å². The number of hydrogen-bond donors (Lipinski definition) is 1. The Hall–Kier alpha value is -2.58. The molecule has 0 aliphatic carbocycles. The molecule has 5 nitrogen and oxygen atoms in total. The molecule has 0 spiro atoms. The van der Waals surface area contributed by atoms with E-state index < -0.39 is 10.0 Å². The summed E-state index contributed by atoms with van der Waals surface area (Å²) in [4.78, 5) is 0.985. The number of benzene rings is 3. The molecule has 2 N–H and O–H groups in total. The Morgan fingerprint density at radius 3 is 2.14 bits per heavy atom. The molecule has 0 fully saturated rings. The van der Waals surface area contributed by atoms with Crippen LogP contribution in [0.25, 0.3) is 22.4 Å². The summed E-state index contributed by atoms with van der Waals surface area (Å²) in [6, 6.07) is 23.4. The van der Waals surface area contributed by atoms with Gasteiger partial charge in [-0.15, -0.1) is 0 Å². The molecule has 0 saturated carbocycles. The predicted molar refractivity (Wildman–Crippen MR) is 114 cm³/mol. The van der Waals surface area contributed by atoms with Gasteiger partial charge in [-0.2, -0.15) is 0 Å². The van der Waals surface area contributed by atoms with E-state index in [2.05, 4.69) is 5.16 Å². The second-order valence-corrected chi connectivity index (χ2v) is 9.23. The lowest BCUT2D eigenvalue weighted by atomic mass is 10.0. The third-order valence-electron chi connectivity index (χ3n) is 4.20. The minimum absolute atomic E-state index is 0.0471. The van der Waals surface area contributed by atoms with Gasteiger partial charge in [0.15, 0.2) is 0 Å². The van der Waals surface area contributed by atoms with Crippen LogP contribution in [0, 0.1) is 0 Å². The van der Waals surface area contributed by atoms with Gasteiger partial charge in [0.1, 0.15) is 5.69 Å². The van der Waals surface area contributed by atoms with Crippen molar-refractivity contribution in [2.24, 2.45) is 5.14 Å². The quantitative estimate of drug-likeness (QED) is 0.443. The molecule has 0 bridgehead atoms. The van der Waals surface area contributed by atoms with Gasteiger partial charge >= 0.3 is 0 Å². The van der Waals surface area contributed by atoms with Crippen molar-refractivity contribution in [2.75, 3.05) is 0 Å². The lowest BCUT2D eigenvalue weighted by Crippen LogP contribution is -2.11. The van der Waals surface area contributed by atoms with Crippen LogP contribution >= 0.6 is 23.4 Å². The molecule has 29 heavy (non-hydrogen) atoms. The highest BCUT2D eigenvalue weighted by Gasteiger charge is 2.21. The van der Waals surface area contributed by atoms with Gasteiger partial charge in [0.2, 0.25) is 15.1 Å². The average Bonchev–Trinajstić information content (AvgIpc) is 3.13. The molecule has 0 radical (unpaired) electrons. The molecule has 0 amide bonds. The molecule has 8 heteroatoms. The highest BCUT2D eigenvalue weighted by Crippen LogP contribution is 2.42. The third kappa shape index (κ3) is 4.38. The first-order chi connectivity index (χ1) is 13.9. The van der Waals surface area contributed by atoms with E-state index in [-0.39, 0.29) is 4.90 Å². The number of nitrogens with zero attached hydrogens (tertiary/aromatic N) is 1. The molecule has 1 heterocycles. The maximum atomic E-state index is 11.6. The van der Waals surface area contributed by atoms with Gasteiger partial charge < -0.3 is 4.52 Å². The first-order valence-corrected chi connectivity index (χ1v) is 11.3. The SMILES string of the molecule is NS(=O)(=O)c1ccc(-c2c(-c3ccccc3)noc2Sc2ccc(Cl)cc2)cc1. The second-order valence-electron chi connectivity index (χ2n) is 6.19. The zero-order valence-corrected chi connectivity index (χ0v) is 17.3. The molecule has 0 unspecified atom stereocenters. The van der Waals surface area contributed by atoms with E-state index in [1.165, 1.54) is 23.9 Å². The number of nitrogens with two attached hydrogens (primary N) is 1. The Kier molecular flexibility index (Phi) is 5.47. The van der Waals surface area contributed by atoms with Crippen molar-refractivity contribution in [2.45, 2.75) is 14.9 Å². The van der Waals surface area contributed by atoms with Crippen molar-refractivity contribution in [1.29, 1.82) is 0 Å². The summed E-state index contributed by atoms with van der Waals surface area (Å²) < 4.78 is 28.8. The molecule has 1 aromatic heterocycles. The highest BCUT2D eigenvalue weighted by molar-refractivity contribution is 7.99. The second kappa shape index (κ2) is 8.04. The minimum Gasteiger partial charge on any atom is -0.348 e. The van der Waals surface area contributed by atoms with E-state index in [4.69, 9.17) is 21.3 Å². The number of sulfonamides is 1. The number of halogens is 1. The molecular formula is C21H15ClN2O3S2. The van der Waals surface area contributed by atoms with E-state index >= 15 is 0 Å². The van der Waals surface area contributed by atoms with Crippen LogP contribution in [0.3, 0.4) is 0 Å². The van der Waals surface area contributed by atoms with Gasteiger partial charge in [0.05, 0.1) is 10.5 Å². The molecule has 0 saturated heterocycles. The Morgan fingerprint density at radius 2 is 1.52 bits per heavy atom. The van der Waals surface area contributed by atoms with Crippen LogP contribution in [0.2, 0.25) is 5.02 Å². The van der Waals surface area contributed by atoms with Crippen LogP contribution in [-0.2, 0) is 10.0 Å². The molecule has 4 aromatic rings. The van der Waals surface area contributed by atoms with E-state index in [1.807, 2.05) is 42.5 Å². The van der Waals surface area contributed by atoms with Gasteiger partial charge in [0.25, 0.3) is 0 Å². The van der Waals surface area contributed by atoms with Crippen molar-refractivity contribution in [1.82, 2.24) is 5.16 Å². The summed E-state index contributed by atoms with van der Waals surface area (Å²) in [7, 11) is -3.77. The van der Waals surface area contributed by atoms with Gasteiger partial charge in [-0.1, -0.05) is 59.2 Å². The van der Waals surface area contributed by atoms with Gasteiger partial charge in [-0.05, 0) is 53.7 Å². The topological polar surface area (TPSA) is 86.2 Å². The summed E-state index contributed by atoms with van der Waals surface area (Å²) in [5, 5.41) is 10.7.